The number of carbonyl (C=O) groups is 8. The van der Waals surface area contributed by atoms with Crippen molar-refractivity contribution in [2.75, 3.05) is 0 Å². The van der Waals surface area contributed by atoms with Crippen molar-refractivity contribution < 1.29 is 131 Å². The summed E-state index contributed by atoms with van der Waals surface area (Å²) < 4.78 is 156. The van der Waals surface area contributed by atoms with Crippen molar-refractivity contribution in [2.45, 2.75) is 196 Å². The highest BCUT2D eigenvalue weighted by Gasteiger charge is 2.37. The monoisotopic (exact) mass is 1510 g/mol. The zero-order valence-corrected chi connectivity index (χ0v) is 60.9. The number of amides is 2. The maximum Gasteiger partial charge on any atom is 0.407 e. The molecular weight excluding hydrogens is 1420 g/mol. The normalized spacial score (nSPS) is 13.2. The van der Waals surface area contributed by atoms with Gasteiger partial charge in [0.25, 0.3) is 5.91 Å². The Balaban J connectivity index is 0.000000811. The van der Waals surface area contributed by atoms with Crippen LogP contribution in [0.1, 0.15) is 157 Å². The molecule has 0 aliphatic heterocycles. The number of carbonyl (C=O) groups excluding carboxylic acids is 12. The van der Waals surface area contributed by atoms with E-state index in [1.54, 1.807) is 116 Å². The first-order chi connectivity index (χ1) is 49.3. The third kappa shape index (κ3) is 34.9. The van der Waals surface area contributed by atoms with Gasteiger partial charge < -0.3 is 39.8 Å². The highest BCUT2D eigenvalue weighted by atomic mass is 19.2. The molecule has 2 amide bonds. The van der Waals surface area contributed by atoms with Gasteiger partial charge in [0, 0.05) is 49.5 Å². The molecule has 0 bridgehead atoms. The molecule has 0 aromatic heterocycles. The van der Waals surface area contributed by atoms with Gasteiger partial charge in [-0.1, -0.05) is 139 Å². The van der Waals surface area contributed by atoms with Crippen LogP contribution in [0.3, 0.4) is 0 Å². The van der Waals surface area contributed by atoms with Crippen LogP contribution < -0.4 is 15.4 Å². The highest BCUT2D eigenvalue weighted by Crippen LogP contribution is 2.31. The van der Waals surface area contributed by atoms with Gasteiger partial charge in [-0.15, -0.1) is 0 Å². The minimum atomic E-state index is -2.41. The Hall–Kier alpha value is -9.76. The van der Waals surface area contributed by atoms with Gasteiger partial charge in [-0.05, 0) is 108 Å². The number of alkyl carbamates (subject to hydrolysis) is 1. The second-order valence-corrected chi connectivity index (χ2v) is 27.6. The molecule has 30 heteroatoms. The lowest BCUT2D eigenvalue weighted by atomic mass is 9.87. The molecule has 5 rings (SSSR count). The van der Waals surface area contributed by atoms with E-state index >= 15 is 0 Å². The first kappa shape index (κ1) is 94.3. The highest BCUT2D eigenvalue weighted by molar-refractivity contribution is 5.91. The molecule has 0 aliphatic carbocycles. The van der Waals surface area contributed by atoms with Crippen LogP contribution in [0.2, 0.25) is 0 Å². The number of hydrogen-bond donors (Lipinski definition) is 4. The van der Waals surface area contributed by atoms with Crippen molar-refractivity contribution in [3.05, 3.63) is 171 Å². The molecule has 0 saturated heterocycles. The first-order valence-electron chi connectivity index (χ1n) is 33.3. The van der Waals surface area contributed by atoms with Crippen LogP contribution in [0.4, 0.5) is 48.7 Å². The summed E-state index contributed by atoms with van der Waals surface area (Å²) in [6.45, 7) is 23.2. The molecule has 106 heavy (non-hydrogen) atoms. The van der Waals surface area contributed by atoms with Crippen molar-refractivity contribution in [2.24, 2.45) is 35.5 Å². The van der Waals surface area contributed by atoms with Crippen LogP contribution in [0, 0.1) is 93.7 Å². The minimum absolute atomic E-state index is 0.0318. The molecule has 20 nitrogen and oxygen atoms in total. The fraction of sp³-hybridized carbons (Fsp3) is 0.474. The van der Waals surface area contributed by atoms with Gasteiger partial charge in [-0.25, -0.2) is 39.9 Å². The van der Waals surface area contributed by atoms with Crippen molar-refractivity contribution >= 4 is 59.6 Å². The van der Waals surface area contributed by atoms with Gasteiger partial charge >= 0.3 is 36.3 Å². The van der Waals surface area contributed by atoms with E-state index in [1.165, 1.54) is 6.92 Å². The minimum Gasteiger partial charge on any atom is -0.461 e. The number of hydrogen-bond acceptors (Lipinski definition) is 18. The van der Waals surface area contributed by atoms with Crippen molar-refractivity contribution in [1.29, 1.82) is 0 Å². The van der Waals surface area contributed by atoms with Gasteiger partial charge in [0.15, 0.2) is 40.9 Å². The predicted molar refractivity (Wildman–Crippen MR) is 359 cm³/mol. The van der Waals surface area contributed by atoms with Crippen molar-refractivity contribution in [3.63, 3.8) is 0 Å². The van der Waals surface area contributed by atoms with Gasteiger partial charge in [-0.3, -0.25) is 33.6 Å². The van der Waals surface area contributed by atoms with Crippen LogP contribution in [0.5, 0.6) is 5.75 Å². The molecule has 0 aliphatic rings. The van der Waals surface area contributed by atoms with Crippen LogP contribution in [0.25, 0.3) is 0 Å². The summed E-state index contributed by atoms with van der Waals surface area (Å²) in [5.74, 6) is -30.6. The van der Waals surface area contributed by atoms with E-state index in [9.17, 15) is 92.5 Å². The topological polar surface area (TPSA) is 306 Å². The van der Waals surface area contributed by atoms with E-state index in [0.29, 0.717) is 36.5 Å². The van der Waals surface area contributed by atoms with E-state index < -0.39 is 172 Å². The van der Waals surface area contributed by atoms with Crippen LogP contribution >= 0.6 is 0 Å². The van der Waals surface area contributed by atoms with E-state index in [0.717, 1.165) is 12.0 Å². The first-order valence-corrected chi connectivity index (χ1v) is 33.3. The number of halogens is 10. The fourth-order valence-electron chi connectivity index (χ4n) is 10.1. The third-order valence-electron chi connectivity index (χ3n) is 14.8. The van der Waals surface area contributed by atoms with Gasteiger partial charge in [0.2, 0.25) is 40.7 Å². The number of aliphatic hydroxyl groups excluding tert-OH is 2. The van der Waals surface area contributed by atoms with E-state index in [2.05, 4.69) is 29.2 Å². The fourth-order valence-corrected chi connectivity index (χ4v) is 10.1. The Morgan fingerprint density at radius 1 is 0.443 bits per heavy atom. The lowest BCUT2D eigenvalue weighted by molar-refractivity contribution is -0.193. The van der Waals surface area contributed by atoms with Crippen LogP contribution in [0.15, 0.2) is 91.0 Å². The molecule has 5 aromatic rings. The Kier molecular flexibility index (Phi) is 41.1. The number of benzene rings is 5. The molecule has 5 aromatic carbocycles. The average Bonchev–Trinajstić information content (AvgIpc) is 0.800. The molecule has 8 atom stereocenters. The van der Waals surface area contributed by atoms with E-state index in [1.807, 2.05) is 44.2 Å². The molecule has 0 fully saturated rings. The zero-order chi connectivity index (χ0) is 81.1. The average molecular weight is 1510 g/mol. The second kappa shape index (κ2) is 46.2. The van der Waals surface area contributed by atoms with Gasteiger partial charge in [0.05, 0.1) is 18.5 Å². The molecule has 0 heterocycles. The van der Waals surface area contributed by atoms with Crippen molar-refractivity contribution in [1.82, 2.24) is 10.6 Å². The van der Waals surface area contributed by atoms with Crippen molar-refractivity contribution in [3.8, 4) is 5.75 Å². The molecule has 4 N–H and O–H groups in total. The molecule has 0 saturated carbocycles. The van der Waals surface area contributed by atoms with Crippen LogP contribution in [-0.2, 0) is 92.8 Å². The van der Waals surface area contributed by atoms with E-state index in [-0.39, 0.29) is 67.5 Å². The van der Waals surface area contributed by atoms with Gasteiger partial charge in [0.1, 0.15) is 29.7 Å². The Morgan fingerprint density at radius 3 is 1.27 bits per heavy atom. The maximum atomic E-state index is 13.9. The largest absolute Gasteiger partial charge is 0.461 e. The number of ketones is 3. The van der Waals surface area contributed by atoms with Gasteiger partial charge in [-0.2, -0.15) is 28.0 Å². The lowest BCUT2D eigenvalue weighted by Crippen LogP contribution is -2.55. The summed E-state index contributed by atoms with van der Waals surface area (Å²) >= 11 is 0. The van der Waals surface area contributed by atoms with E-state index in [4.69, 9.17) is 33.4 Å². The molecule has 0 spiro atoms. The number of esters is 3. The number of Topliss-reactive ketones (excluding diaryl/α,β-unsaturated/α-hetero) is 3. The lowest BCUT2D eigenvalue weighted by Gasteiger charge is -2.28. The molecule has 582 valence electrons. The second-order valence-electron chi connectivity index (χ2n) is 27.6. The molecular formula is C76H90F10N2O18. The quantitative estimate of drug-likeness (QED) is 0.00800. The summed E-state index contributed by atoms with van der Waals surface area (Å²) in [7, 11) is 0. The summed E-state index contributed by atoms with van der Waals surface area (Å²) in [5, 5.41) is 26.6. The maximum absolute atomic E-state index is 13.9. The number of aliphatic hydroxyl groups is 2. The smallest absolute Gasteiger partial charge is 0.407 e. The standard InChI is InChI=1S/C32H39F5N2O7.C23H23F5O4.C19H28O3.2CO2/c1-16(2)12-19(21(40)13-17(3)14-22(41)45-29-26(36)24(34)23(33)25(35)27(29)37)38-30(43)28(42)20(15-18-10-8-7-9-11-18)39-31(44)46-32(4,5)6;1-23(2,3)32-16(30)10-13(9-12-7-5-4-6-8-12)22(31)15(29)11-14-17(24)19(26)21(28)20(27)18(14)25;1-14(2)10-16(4)18(20)11-15(3)12-19(21)22-13-17-8-6-5-7-9-17;2*2-1-3/h7-11,16-17,19-20,28,42H,12-15H2,1-6H3,(H,38,43)(H,39,44);4-8,13,22,31H,9-11H2,1-3H3;5-9,14-16H,10-13H2,1-4H3;;. The summed E-state index contributed by atoms with van der Waals surface area (Å²) in [6, 6.07) is 24.5. The third-order valence-corrected chi connectivity index (χ3v) is 14.8. The predicted octanol–water partition coefficient (Wildman–Crippen LogP) is 13.0. The summed E-state index contributed by atoms with van der Waals surface area (Å²) in [4.78, 5) is 132. The summed E-state index contributed by atoms with van der Waals surface area (Å²) in [5.41, 5.74) is -0.717. The number of rotatable bonds is 31. The molecule has 8 unspecified atom stereocenters. The Bertz CT molecular complexity index is 3700. The van der Waals surface area contributed by atoms with Crippen LogP contribution in [-0.4, -0.2) is 105 Å². The Morgan fingerprint density at radius 2 is 0.840 bits per heavy atom. The Labute approximate surface area is 607 Å². The zero-order valence-electron chi connectivity index (χ0n) is 60.9. The molecule has 0 radical (unpaired) electrons. The number of nitrogens with one attached hydrogen (secondary N) is 2. The SMILES string of the molecule is CC(C)(C)OC(=O)CC(Cc1ccccc1)C(O)C(=O)Cc1c(F)c(F)c(F)c(F)c1F.CC(C)CC(C)C(=O)CC(C)CC(=O)OCc1ccccc1.CC(C)CC(NC(=O)C(O)C(Cc1ccccc1)NC(=O)OC(C)(C)C)C(=O)CC(C)CC(=O)Oc1c(F)c(F)c(F)c(F)c1F.O=C=O.O=C=O. The summed E-state index contributed by atoms with van der Waals surface area (Å²) in [6.07, 6.45) is -4.90. The number of ether oxygens (including phenoxy) is 4.